The number of benzene rings is 3. The number of hydrogen-bond donors (Lipinski definition) is 1. The van der Waals surface area contributed by atoms with Gasteiger partial charge in [0.05, 0.1) is 6.21 Å². The van der Waals surface area contributed by atoms with Gasteiger partial charge in [-0.25, -0.2) is 5.43 Å². The average Bonchev–Trinajstić information content (AvgIpc) is 2.60. The van der Waals surface area contributed by atoms with Crippen molar-refractivity contribution in [2.45, 2.75) is 18.1 Å². The van der Waals surface area contributed by atoms with Crippen LogP contribution in [0.2, 0.25) is 0 Å². The van der Waals surface area contributed by atoms with E-state index in [1.165, 1.54) is 0 Å². The van der Waals surface area contributed by atoms with Gasteiger partial charge in [0, 0.05) is 5.56 Å². The standard InChI is InChI=1S/C18H11F7N2/c19-16(20,17(21,22)23)18(24,25)27-26-10-15-13-7-3-1-5-11(13)9-12-6-2-4-8-14(12)15/h1-10,27H/b26-10+. The molecule has 9 heteroatoms. The molecule has 0 radical (unpaired) electrons. The zero-order valence-corrected chi connectivity index (χ0v) is 13.4. The maximum Gasteiger partial charge on any atom is 0.462 e. The number of fused-ring (bicyclic) bond motifs is 2. The third-order valence-corrected chi connectivity index (χ3v) is 3.96. The maximum absolute atomic E-state index is 13.3. The zero-order valence-electron chi connectivity index (χ0n) is 13.4. The monoisotopic (exact) mass is 388 g/mol. The Bertz CT molecular complexity index is 955. The van der Waals surface area contributed by atoms with Gasteiger partial charge in [-0.15, -0.1) is 0 Å². The number of rotatable bonds is 4. The maximum atomic E-state index is 13.3. The van der Waals surface area contributed by atoms with E-state index in [0.29, 0.717) is 21.8 Å². The number of halogens is 7. The lowest BCUT2D eigenvalue weighted by atomic mass is 9.97. The van der Waals surface area contributed by atoms with Crippen LogP contribution in [0.3, 0.4) is 0 Å². The Hall–Kier alpha value is -2.84. The first-order chi connectivity index (χ1) is 12.5. The summed E-state index contributed by atoms with van der Waals surface area (Å²) in [4.78, 5) is 0. The van der Waals surface area contributed by atoms with Crippen molar-refractivity contribution in [3.8, 4) is 0 Å². The van der Waals surface area contributed by atoms with Crippen molar-refractivity contribution in [1.29, 1.82) is 0 Å². The van der Waals surface area contributed by atoms with Crippen molar-refractivity contribution in [3.63, 3.8) is 0 Å². The quantitative estimate of drug-likeness (QED) is 0.200. The fourth-order valence-corrected chi connectivity index (χ4v) is 2.61. The minimum atomic E-state index is -6.43. The Labute approximate surface area is 148 Å². The summed E-state index contributed by atoms with van der Waals surface area (Å²) in [6.45, 7) is 0. The Morgan fingerprint density at radius 1 is 0.741 bits per heavy atom. The molecule has 0 aromatic heterocycles. The fraction of sp³-hybridized carbons (Fsp3) is 0.167. The first kappa shape index (κ1) is 18.9. The van der Waals surface area contributed by atoms with E-state index in [4.69, 9.17) is 0 Å². The molecule has 0 aliphatic heterocycles. The lowest BCUT2D eigenvalue weighted by molar-refractivity contribution is -0.361. The van der Waals surface area contributed by atoms with Gasteiger partial charge in [-0.05, 0) is 27.6 Å². The van der Waals surface area contributed by atoms with E-state index < -0.39 is 18.1 Å². The number of hydrogen-bond acceptors (Lipinski definition) is 2. The van der Waals surface area contributed by atoms with Crippen LogP contribution in [0.1, 0.15) is 5.56 Å². The van der Waals surface area contributed by atoms with Gasteiger partial charge in [0.15, 0.2) is 0 Å². The number of alkyl halides is 7. The van der Waals surface area contributed by atoms with E-state index in [9.17, 15) is 30.7 Å². The molecule has 0 amide bonds. The molecule has 2 nitrogen and oxygen atoms in total. The number of hydrazone groups is 1. The summed E-state index contributed by atoms with van der Waals surface area (Å²) < 4.78 is 89.0. The highest BCUT2D eigenvalue weighted by Gasteiger charge is 2.73. The minimum Gasteiger partial charge on any atom is -0.242 e. The van der Waals surface area contributed by atoms with Crippen molar-refractivity contribution >= 4 is 27.8 Å². The molecule has 0 bridgehead atoms. The Balaban J connectivity index is 2.03. The molecule has 0 saturated heterocycles. The molecule has 3 aromatic carbocycles. The van der Waals surface area contributed by atoms with Crippen LogP contribution in [0.4, 0.5) is 30.7 Å². The molecule has 0 fully saturated rings. The van der Waals surface area contributed by atoms with E-state index >= 15 is 0 Å². The van der Waals surface area contributed by atoms with Crippen LogP contribution in [-0.2, 0) is 0 Å². The first-order valence-electron chi connectivity index (χ1n) is 7.58. The second-order valence-electron chi connectivity index (χ2n) is 5.75. The van der Waals surface area contributed by atoms with Crippen molar-refractivity contribution in [2.75, 3.05) is 0 Å². The summed E-state index contributed by atoms with van der Waals surface area (Å²) in [7, 11) is 0. The molecule has 27 heavy (non-hydrogen) atoms. The highest BCUT2D eigenvalue weighted by molar-refractivity contribution is 6.13. The molecule has 0 heterocycles. The molecule has 0 spiro atoms. The molecule has 3 aromatic rings. The van der Waals surface area contributed by atoms with E-state index in [0.717, 1.165) is 17.0 Å². The second-order valence-corrected chi connectivity index (χ2v) is 5.75. The van der Waals surface area contributed by atoms with Gasteiger partial charge in [0.2, 0.25) is 0 Å². The normalized spacial score (nSPS) is 13.6. The molecular weight excluding hydrogens is 377 g/mol. The highest BCUT2D eigenvalue weighted by atomic mass is 19.4. The van der Waals surface area contributed by atoms with Gasteiger partial charge in [-0.3, -0.25) is 0 Å². The predicted octanol–water partition coefficient (Wildman–Crippen LogP) is 5.71. The van der Waals surface area contributed by atoms with Gasteiger partial charge in [0.25, 0.3) is 0 Å². The average molecular weight is 388 g/mol. The molecule has 142 valence electrons. The summed E-state index contributed by atoms with van der Waals surface area (Å²) in [5.74, 6) is -6.28. The summed E-state index contributed by atoms with van der Waals surface area (Å²) in [5.41, 5.74) is 0.958. The van der Waals surface area contributed by atoms with E-state index in [1.54, 1.807) is 48.5 Å². The van der Waals surface area contributed by atoms with Crippen molar-refractivity contribution < 1.29 is 30.7 Å². The molecule has 1 N–H and O–H groups in total. The van der Waals surface area contributed by atoms with E-state index in [2.05, 4.69) is 5.10 Å². The SMILES string of the molecule is FC(F)(F)C(F)(F)C(F)(F)N/N=C/c1c2ccccc2cc2ccccc12. The molecule has 0 saturated carbocycles. The van der Waals surface area contributed by atoms with Gasteiger partial charge in [0.1, 0.15) is 0 Å². The molecule has 0 unspecified atom stereocenters. The van der Waals surface area contributed by atoms with E-state index in [1.807, 2.05) is 6.07 Å². The summed E-state index contributed by atoms with van der Waals surface area (Å²) in [6, 6.07) is 9.88. The molecule has 0 aliphatic carbocycles. The molecule has 0 aliphatic rings. The van der Waals surface area contributed by atoms with Crippen LogP contribution in [0, 0.1) is 0 Å². The summed E-state index contributed by atoms with van der Waals surface area (Å²) in [6.07, 6.45) is -5.61. The van der Waals surface area contributed by atoms with Crippen LogP contribution < -0.4 is 5.43 Å². The third-order valence-electron chi connectivity index (χ3n) is 3.96. The summed E-state index contributed by atoms with van der Waals surface area (Å²) >= 11 is 0. The Morgan fingerprint density at radius 3 is 1.70 bits per heavy atom. The Morgan fingerprint density at radius 2 is 1.22 bits per heavy atom. The van der Waals surface area contributed by atoms with Crippen LogP contribution in [0.5, 0.6) is 0 Å². The third kappa shape index (κ3) is 3.29. The molecule has 0 atom stereocenters. The van der Waals surface area contributed by atoms with Crippen LogP contribution in [0.15, 0.2) is 59.7 Å². The predicted molar refractivity (Wildman–Crippen MR) is 88.1 cm³/mol. The molecule has 3 rings (SSSR count). The van der Waals surface area contributed by atoms with Crippen LogP contribution in [0.25, 0.3) is 21.5 Å². The van der Waals surface area contributed by atoms with Gasteiger partial charge >= 0.3 is 18.1 Å². The lowest BCUT2D eigenvalue weighted by Crippen LogP contribution is -2.58. The minimum absolute atomic E-state index is 0.308. The topological polar surface area (TPSA) is 24.4 Å². The lowest BCUT2D eigenvalue weighted by Gasteiger charge is -2.27. The van der Waals surface area contributed by atoms with Crippen LogP contribution >= 0.6 is 0 Å². The van der Waals surface area contributed by atoms with Crippen molar-refractivity contribution in [2.24, 2.45) is 5.10 Å². The van der Waals surface area contributed by atoms with E-state index in [-0.39, 0.29) is 0 Å². The van der Waals surface area contributed by atoms with Gasteiger partial charge in [-0.2, -0.15) is 35.8 Å². The number of nitrogens with one attached hydrogen (secondary N) is 1. The van der Waals surface area contributed by atoms with Gasteiger partial charge in [-0.1, -0.05) is 48.5 Å². The first-order valence-corrected chi connectivity index (χ1v) is 7.58. The Kier molecular flexibility index (Phi) is 4.49. The second kappa shape index (κ2) is 6.40. The fourth-order valence-electron chi connectivity index (χ4n) is 2.61. The highest BCUT2D eigenvalue weighted by Crippen LogP contribution is 2.45. The zero-order chi connectivity index (χ0) is 19.9. The van der Waals surface area contributed by atoms with Gasteiger partial charge < -0.3 is 0 Å². The van der Waals surface area contributed by atoms with Crippen molar-refractivity contribution in [3.05, 3.63) is 60.2 Å². The van der Waals surface area contributed by atoms with Crippen molar-refractivity contribution in [1.82, 2.24) is 5.43 Å². The smallest absolute Gasteiger partial charge is 0.242 e. The number of nitrogens with zero attached hydrogens (tertiary/aromatic N) is 1. The van der Waals surface area contributed by atoms with Crippen LogP contribution in [-0.4, -0.2) is 24.4 Å². The largest absolute Gasteiger partial charge is 0.462 e. The molecular formula is C18H11F7N2. The summed E-state index contributed by atoms with van der Waals surface area (Å²) in [5, 5.41) is 5.60.